The van der Waals surface area contributed by atoms with Crippen molar-refractivity contribution in [3.63, 3.8) is 0 Å². The normalized spacial score (nSPS) is 23.0. The first-order chi connectivity index (χ1) is 9.81. The minimum absolute atomic E-state index is 0.0773. The molecule has 2 unspecified atom stereocenters. The van der Waals surface area contributed by atoms with Gasteiger partial charge in [-0.2, -0.15) is 0 Å². The van der Waals surface area contributed by atoms with E-state index >= 15 is 0 Å². The minimum Gasteiger partial charge on any atom is -0.478 e. The Hall–Kier alpha value is -0.960. The molecule has 1 aliphatic rings. The second-order valence-electron chi connectivity index (χ2n) is 5.13. The molecule has 0 spiro atoms. The fraction of sp³-hybridized carbons (Fsp3) is 0.462. The molecule has 1 aliphatic carbocycles. The van der Waals surface area contributed by atoms with E-state index < -0.39 is 16.0 Å². The average Bonchev–Trinajstić information content (AvgIpc) is 2.41. The lowest BCUT2D eigenvalue weighted by Crippen LogP contribution is -2.49. The maximum atomic E-state index is 12.5. The van der Waals surface area contributed by atoms with E-state index in [9.17, 15) is 13.2 Å². The highest BCUT2D eigenvalue weighted by molar-refractivity contribution is 9.10. The molecule has 1 saturated carbocycles. The fourth-order valence-electron chi connectivity index (χ4n) is 2.41. The summed E-state index contributed by atoms with van der Waals surface area (Å²) in [5, 5.41) is 8.98. The third kappa shape index (κ3) is 3.82. The lowest BCUT2D eigenvalue weighted by molar-refractivity contribution is 0.0696. The highest BCUT2D eigenvalue weighted by Crippen LogP contribution is 2.25. The van der Waals surface area contributed by atoms with Crippen LogP contribution in [0.3, 0.4) is 0 Å². The summed E-state index contributed by atoms with van der Waals surface area (Å²) in [5.41, 5.74) is 5.87. The summed E-state index contributed by atoms with van der Waals surface area (Å²) in [6.45, 7) is 0. The maximum Gasteiger partial charge on any atom is 0.335 e. The largest absolute Gasteiger partial charge is 0.478 e. The van der Waals surface area contributed by atoms with Crippen molar-refractivity contribution in [2.45, 2.75) is 42.7 Å². The monoisotopic (exact) mass is 376 g/mol. The van der Waals surface area contributed by atoms with Crippen LogP contribution in [0.2, 0.25) is 0 Å². The molecule has 0 aliphatic heterocycles. The van der Waals surface area contributed by atoms with Crippen molar-refractivity contribution in [2.24, 2.45) is 5.73 Å². The number of hydrogen-bond donors (Lipinski definition) is 3. The van der Waals surface area contributed by atoms with Gasteiger partial charge < -0.3 is 10.8 Å². The maximum absolute atomic E-state index is 12.5. The quantitative estimate of drug-likeness (QED) is 0.740. The van der Waals surface area contributed by atoms with Gasteiger partial charge in [0.15, 0.2) is 0 Å². The molecule has 1 fully saturated rings. The van der Waals surface area contributed by atoms with E-state index in [0.29, 0.717) is 10.9 Å². The Labute approximate surface area is 131 Å². The van der Waals surface area contributed by atoms with Gasteiger partial charge in [-0.05, 0) is 47.0 Å². The van der Waals surface area contributed by atoms with Crippen LogP contribution >= 0.6 is 15.9 Å². The number of carboxylic acids is 1. The van der Waals surface area contributed by atoms with Gasteiger partial charge in [0.2, 0.25) is 10.0 Å². The third-order valence-corrected chi connectivity index (χ3v) is 6.08. The van der Waals surface area contributed by atoms with E-state index in [1.54, 1.807) is 0 Å². The van der Waals surface area contributed by atoms with Crippen molar-refractivity contribution in [3.8, 4) is 0 Å². The molecule has 1 aromatic carbocycles. The van der Waals surface area contributed by atoms with Gasteiger partial charge in [-0.3, -0.25) is 0 Å². The van der Waals surface area contributed by atoms with Gasteiger partial charge in [0.1, 0.15) is 0 Å². The number of carbonyl (C=O) groups is 1. The zero-order chi connectivity index (χ0) is 15.6. The fourth-order valence-corrected chi connectivity index (χ4v) is 4.72. The number of nitrogens with two attached hydrogens (primary N) is 1. The number of benzene rings is 1. The minimum atomic E-state index is -3.82. The van der Waals surface area contributed by atoms with Crippen LogP contribution in [0.15, 0.2) is 27.6 Å². The Morgan fingerprint density at radius 1 is 1.33 bits per heavy atom. The highest BCUT2D eigenvalue weighted by atomic mass is 79.9. The van der Waals surface area contributed by atoms with Crippen LogP contribution in [0.4, 0.5) is 0 Å². The van der Waals surface area contributed by atoms with Crippen molar-refractivity contribution in [2.75, 3.05) is 0 Å². The molecular formula is C13H17BrN2O4S. The second-order valence-corrected chi connectivity index (χ2v) is 7.66. The summed E-state index contributed by atoms with van der Waals surface area (Å²) in [4.78, 5) is 10.9. The van der Waals surface area contributed by atoms with Crippen LogP contribution in [0.1, 0.15) is 36.0 Å². The Kier molecular flexibility index (Phi) is 5.03. The van der Waals surface area contributed by atoms with Gasteiger partial charge in [-0.25, -0.2) is 17.9 Å². The standard InChI is InChI=1S/C13H17BrN2O4S/c14-9-6-5-8(13(17)18)7-12(9)21(19,20)16-11-4-2-1-3-10(11)15/h5-7,10-11,16H,1-4,15H2,(H,17,18). The highest BCUT2D eigenvalue weighted by Gasteiger charge is 2.28. The zero-order valence-corrected chi connectivity index (χ0v) is 13.7. The molecule has 8 heteroatoms. The van der Waals surface area contributed by atoms with Gasteiger partial charge >= 0.3 is 5.97 Å². The number of nitrogens with one attached hydrogen (secondary N) is 1. The van der Waals surface area contributed by atoms with Crippen LogP contribution < -0.4 is 10.5 Å². The molecule has 0 bridgehead atoms. The topological polar surface area (TPSA) is 109 Å². The van der Waals surface area contributed by atoms with Crippen LogP contribution in [0, 0.1) is 0 Å². The number of hydrogen-bond acceptors (Lipinski definition) is 4. The molecule has 2 atom stereocenters. The van der Waals surface area contributed by atoms with E-state index in [-0.39, 0.29) is 22.5 Å². The lowest BCUT2D eigenvalue weighted by Gasteiger charge is -2.29. The van der Waals surface area contributed by atoms with Crippen molar-refractivity contribution >= 4 is 31.9 Å². The Morgan fingerprint density at radius 3 is 2.62 bits per heavy atom. The van der Waals surface area contributed by atoms with Gasteiger partial charge in [-0.15, -0.1) is 0 Å². The summed E-state index contributed by atoms with van der Waals surface area (Å²) in [6.07, 6.45) is 3.40. The average molecular weight is 377 g/mol. The van der Waals surface area contributed by atoms with Gasteiger partial charge in [0.25, 0.3) is 0 Å². The molecule has 0 saturated heterocycles. The summed E-state index contributed by atoms with van der Waals surface area (Å²) >= 11 is 3.15. The first kappa shape index (κ1) is 16.4. The molecule has 0 amide bonds. The van der Waals surface area contributed by atoms with E-state index in [0.717, 1.165) is 25.3 Å². The van der Waals surface area contributed by atoms with E-state index in [2.05, 4.69) is 20.7 Å². The second kappa shape index (κ2) is 6.43. The predicted molar refractivity (Wildman–Crippen MR) is 81.7 cm³/mol. The number of carboxylic acid groups (broad SMARTS) is 1. The van der Waals surface area contributed by atoms with Crippen molar-refractivity contribution in [3.05, 3.63) is 28.2 Å². The van der Waals surface area contributed by atoms with Gasteiger partial charge in [0, 0.05) is 16.6 Å². The van der Waals surface area contributed by atoms with Crippen molar-refractivity contribution in [1.82, 2.24) is 4.72 Å². The molecule has 21 heavy (non-hydrogen) atoms. The van der Waals surface area contributed by atoms with Crippen LogP contribution in [0.25, 0.3) is 0 Å². The van der Waals surface area contributed by atoms with Crippen LogP contribution in [-0.2, 0) is 10.0 Å². The van der Waals surface area contributed by atoms with E-state index in [4.69, 9.17) is 10.8 Å². The first-order valence-corrected chi connectivity index (χ1v) is 8.89. The zero-order valence-electron chi connectivity index (χ0n) is 11.3. The number of halogens is 1. The summed E-state index contributed by atoms with van der Waals surface area (Å²) in [7, 11) is -3.82. The summed E-state index contributed by atoms with van der Waals surface area (Å²) in [6, 6.07) is 3.37. The molecule has 0 heterocycles. The Bertz CT molecular complexity index is 648. The van der Waals surface area contributed by atoms with Gasteiger partial charge in [-0.1, -0.05) is 12.8 Å². The van der Waals surface area contributed by atoms with Crippen LogP contribution in [-0.4, -0.2) is 31.6 Å². The van der Waals surface area contributed by atoms with Crippen molar-refractivity contribution in [1.29, 1.82) is 0 Å². The first-order valence-electron chi connectivity index (χ1n) is 6.62. The molecule has 4 N–H and O–H groups in total. The van der Waals surface area contributed by atoms with E-state index in [1.165, 1.54) is 12.1 Å². The Balaban J connectivity index is 2.30. The molecule has 2 rings (SSSR count). The molecule has 1 aromatic rings. The smallest absolute Gasteiger partial charge is 0.335 e. The molecule has 0 aromatic heterocycles. The van der Waals surface area contributed by atoms with Gasteiger partial charge in [0.05, 0.1) is 10.5 Å². The molecule has 0 radical (unpaired) electrons. The Morgan fingerprint density at radius 2 is 2.00 bits per heavy atom. The number of aromatic carboxylic acids is 1. The molecule has 116 valence electrons. The lowest BCUT2D eigenvalue weighted by atomic mass is 9.92. The SMILES string of the molecule is NC1CCCCC1NS(=O)(=O)c1cc(C(=O)O)ccc1Br. The van der Waals surface area contributed by atoms with Crippen LogP contribution in [0.5, 0.6) is 0 Å². The summed E-state index contributed by atoms with van der Waals surface area (Å²) < 4.78 is 27.8. The molecular weight excluding hydrogens is 360 g/mol. The summed E-state index contributed by atoms with van der Waals surface area (Å²) in [5.74, 6) is -1.17. The number of rotatable bonds is 4. The van der Waals surface area contributed by atoms with E-state index in [1.807, 2.05) is 0 Å². The number of sulfonamides is 1. The predicted octanol–water partition coefficient (Wildman–Crippen LogP) is 1.70. The third-order valence-electron chi connectivity index (χ3n) is 3.59. The van der Waals surface area contributed by atoms with Crippen molar-refractivity contribution < 1.29 is 18.3 Å². The molecule has 6 nitrogen and oxygen atoms in total.